The van der Waals surface area contributed by atoms with Crippen LogP contribution in [-0.4, -0.2) is 47.2 Å². The third kappa shape index (κ3) is 6.65. The van der Waals surface area contributed by atoms with Crippen LogP contribution in [0.25, 0.3) is 0 Å². The molecule has 7 heteroatoms. The summed E-state index contributed by atoms with van der Waals surface area (Å²) in [7, 11) is 0. The monoisotopic (exact) mass is 425 g/mol. The predicted octanol–water partition coefficient (Wildman–Crippen LogP) is 3.66. The summed E-state index contributed by atoms with van der Waals surface area (Å²) < 4.78 is 10.8. The van der Waals surface area contributed by atoms with Crippen molar-refractivity contribution in [2.24, 2.45) is 5.92 Å². The summed E-state index contributed by atoms with van der Waals surface area (Å²) in [6, 6.07) is 18.8. The number of benzene rings is 2. The standard InChI is InChI=1S/C24H27NO6/c26-22(27)15-20(12-7-13-30-16-19-10-5-2-6-11-19)23(28)25-21(17-31-24(25)29)14-18-8-3-1-4-9-18/h1-6,8-11,20-21H,7,12-17H2,(H,26,27). The minimum atomic E-state index is -1.07. The van der Waals surface area contributed by atoms with E-state index in [-0.39, 0.29) is 13.0 Å². The summed E-state index contributed by atoms with van der Waals surface area (Å²) in [6.07, 6.45) is 0.268. The average Bonchev–Trinajstić information content (AvgIpc) is 3.13. The van der Waals surface area contributed by atoms with Gasteiger partial charge in [0.05, 0.1) is 19.1 Å². The van der Waals surface area contributed by atoms with Crippen molar-refractivity contribution in [2.45, 2.75) is 38.3 Å². The number of hydrogen-bond donors (Lipinski definition) is 1. The molecule has 0 radical (unpaired) electrons. The van der Waals surface area contributed by atoms with Crippen molar-refractivity contribution >= 4 is 18.0 Å². The van der Waals surface area contributed by atoms with Crippen molar-refractivity contribution in [1.82, 2.24) is 4.90 Å². The Morgan fingerprint density at radius 1 is 1.06 bits per heavy atom. The van der Waals surface area contributed by atoms with Gasteiger partial charge in [-0.25, -0.2) is 9.69 Å². The lowest BCUT2D eigenvalue weighted by molar-refractivity contribution is -0.144. The van der Waals surface area contributed by atoms with Gasteiger partial charge in [-0.3, -0.25) is 9.59 Å². The summed E-state index contributed by atoms with van der Waals surface area (Å²) >= 11 is 0. The van der Waals surface area contributed by atoms with Crippen molar-refractivity contribution < 1.29 is 29.0 Å². The van der Waals surface area contributed by atoms with E-state index < -0.39 is 29.9 Å². The van der Waals surface area contributed by atoms with Crippen molar-refractivity contribution in [3.8, 4) is 0 Å². The van der Waals surface area contributed by atoms with Gasteiger partial charge in [0.2, 0.25) is 5.91 Å². The largest absolute Gasteiger partial charge is 0.481 e. The van der Waals surface area contributed by atoms with Crippen LogP contribution in [0.15, 0.2) is 60.7 Å². The van der Waals surface area contributed by atoms with Crippen LogP contribution < -0.4 is 0 Å². The molecule has 31 heavy (non-hydrogen) atoms. The quantitative estimate of drug-likeness (QED) is 0.552. The van der Waals surface area contributed by atoms with Crippen molar-refractivity contribution in [3.63, 3.8) is 0 Å². The van der Waals surface area contributed by atoms with E-state index in [1.54, 1.807) is 0 Å². The van der Waals surface area contributed by atoms with Crippen LogP contribution in [0.3, 0.4) is 0 Å². The zero-order chi connectivity index (χ0) is 22.1. The van der Waals surface area contributed by atoms with Gasteiger partial charge < -0.3 is 14.6 Å². The molecule has 2 unspecified atom stereocenters. The second kappa shape index (κ2) is 11.3. The Bertz CT molecular complexity index is 870. The summed E-state index contributed by atoms with van der Waals surface area (Å²) in [5.74, 6) is -2.37. The Hall–Kier alpha value is -3.19. The lowest BCUT2D eigenvalue weighted by Gasteiger charge is -2.24. The van der Waals surface area contributed by atoms with E-state index >= 15 is 0 Å². The first kappa shape index (κ1) is 22.5. The van der Waals surface area contributed by atoms with E-state index in [1.165, 1.54) is 0 Å². The van der Waals surface area contributed by atoms with E-state index in [9.17, 15) is 19.5 Å². The molecule has 1 saturated heterocycles. The molecule has 2 aromatic rings. The number of imide groups is 1. The van der Waals surface area contributed by atoms with Gasteiger partial charge in [-0.15, -0.1) is 0 Å². The molecule has 1 heterocycles. The van der Waals surface area contributed by atoms with Crippen LogP contribution in [0, 0.1) is 5.92 Å². The number of aliphatic carboxylic acids is 1. The third-order valence-corrected chi connectivity index (χ3v) is 5.24. The Balaban J connectivity index is 1.56. The Kier molecular flexibility index (Phi) is 8.18. The molecule has 2 amide bonds. The second-order valence-electron chi connectivity index (χ2n) is 7.60. The van der Waals surface area contributed by atoms with Crippen molar-refractivity contribution in [2.75, 3.05) is 13.2 Å². The second-order valence-corrected chi connectivity index (χ2v) is 7.60. The van der Waals surface area contributed by atoms with Gasteiger partial charge in [0.15, 0.2) is 0 Å². The number of ether oxygens (including phenoxy) is 2. The van der Waals surface area contributed by atoms with Gasteiger partial charge in [0.1, 0.15) is 6.61 Å². The normalized spacial score (nSPS) is 16.7. The molecule has 0 saturated carbocycles. The zero-order valence-corrected chi connectivity index (χ0v) is 17.3. The highest BCUT2D eigenvalue weighted by molar-refractivity contribution is 5.96. The predicted molar refractivity (Wildman–Crippen MR) is 113 cm³/mol. The molecule has 1 aliphatic rings. The molecule has 1 fully saturated rings. The molecule has 0 aromatic heterocycles. The minimum absolute atomic E-state index is 0.111. The van der Waals surface area contributed by atoms with E-state index in [0.29, 0.717) is 32.5 Å². The third-order valence-electron chi connectivity index (χ3n) is 5.24. The summed E-state index contributed by atoms with van der Waals surface area (Å²) in [5.41, 5.74) is 2.02. The van der Waals surface area contributed by atoms with Gasteiger partial charge in [-0.1, -0.05) is 60.7 Å². The Morgan fingerprint density at radius 2 is 1.71 bits per heavy atom. The smallest absolute Gasteiger partial charge is 0.416 e. The first-order valence-electron chi connectivity index (χ1n) is 10.4. The van der Waals surface area contributed by atoms with Gasteiger partial charge in [0, 0.05) is 12.5 Å². The van der Waals surface area contributed by atoms with E-state index in [0.717, 1.165) is 16.0 Å². The summed E-state index contributed by atoms with van der Waals surface area (Å²) in [4.78, 5) is 37.8. The number of cyclic esters (lactones) is 1. The van der Waals surface area contributed by atoms with Crippen LogP contribution in [0.5, 0.6) is 0 Å². The van der Waals surface area contributed by atoms with E-state index in [1.807, 2.05) is 60.7 Å². The first-order chi connectivity index (χ1) is 15.0. The summed E-state index contributed by atoms with van der Waals surface area (Å²) in [5, 5.41) is 9.28. The molecular weight excluding hydrogens is 398 g/mol. The van der Waals surface area contributed by atoms with Crippen LogP contribution in [-0.2, 0) is 32.1 Å². The van der Waals surface area contributed by atoms with Gasteiger partial charge in [-0.05, 0) is 30.4 Å². The fraction of sp³-hybridized carbons (Fsp3) is 0.375. The number of nitrogens with zero attached hydrogens (tertiary/aromatic N) is 1. The van der Waals surface area contributed by atoms with E-state index in [2.05, 4.69) is 0 Å². The Labute approximate surface area is 181 Å². The molecular formula is C24H27NO6. The topological polar surface area (TPSA) is 93.1 Å². The van der Waals surface area contributed by atoms with Crippen LogP contribution in [0.4, 0.5) is 4.79 Å². The highest BCUT2D eigenvalue weighted by Crippen LogP contribution is 2.23. The van der Waals surface area contributed by atoms with Crippen molar-refractivity contribution in [1.29, 1.82) is 0 Å². The maximum Gasteiger partial charge on any atom is 0.416 e. The highest BCUT2D eigenvalue weighted by Gasteiger charge is 2.41. The fourth-order valence-corrected chi connectivity index (χ4v) is 3.68. The van der Waals surface area contributed by atoms with Crippen LogP contribution in [0.2, 0.25) is 0 Å². The first-order valence-corrected chi connectivity index (χ1v) is 10.4. The molecule has 3 rings (SSSR count). The molecule has 2 aromatic carbocycles. The number of amides is 2. The number of carbonyl (C=O) groups excluding carboxylic acids is 2. The van der Waals surface area contributed by atoms with Gasteiger partial charge in [0.25, 0.3) is 0 Å². The lowest BCUT2D eigenvalue weighted by Crippen LogP contribution is -2.44. The average molecular weight is 425 g/mol. The maximum atomic E-state index is 13.1. The molecule has 1 aliphatic heterocycles. The molecule has 0 aliphatic carbocycles. The molecule has 0 spiro atoms. The van der Waals surface area contributed by atoms with Crippen LogP contribution >= 0.6 is 0 Å². The summed E-state index contributed by atoms with van der Waals surface area (Å²) in [6.45, 7) is 0.964. The maximum absolute atomic E-state index is 13.1. The van der Waals surface area contributed by atoms with Crippen LogP contribution in [0.1, 0.15) is 30.4 Å². The Morgan fingerprint density at radius 3 is 2.35 bits per heavy atom. The van der Waals surface area contributed by atoms with Gasteiger partial charge in [-0.2, -0.15) is 0 Å². The number of carboxylic acid groups (broad SMARTS) is 1. The minimum Gasteiger partial charge on any atom is -0.481 e. The molecule has 0 bridgehead atoms. The molecule has 7 nitrogen and oxygen atoms in total. The fourth-order valence-electron chi connectivity index (χ4n) is 3.68. The number of rotatable bonds is 11. The van der Waals surface area contributed by atoms with Crippen molar-refractivity contribution in [3.05, 3.63) is 71.8 Å². The van der Waals surface area contributed by atoms with E-state index in [4.69, 9.17) is 9.47 Å². The lowest BCUT2D eigenvalue weighted by atomic mass is 9.96. The zero-order valence-electron chi connectivity index (χ0n) is 17.3. The van der Waals surface area contributed by atoms with Gasteiger partial charge >= 0.3 is 12.1 Å². The molecule has 164 valence electrons. The molecule has 1 N–H and O–H groups in total. The highest BCUT2D eigenvalue weighted by atomic mass is 16.6. The number of hydrogen-bond acceptors (Lipinski definition) is 5. The SMILES string of the molecule is O=C(O)CC(CCCOCc1ccccc1)C(=O)N1C(=O)OCC1Cc1ccccc1. The molecule has 2 atom stereocenters. The number of carboxylic acids is 1. The number of carbonyl (C=O) groups is 3.